The maximum atomic E-state index is 12.9. The number of ether oxygens (including phenoxy) is 3. The molecule has 0 aliphatic rings. The van der Waals surface area contributed by atoms with Crippen LogP contribution in [-0.2, 0) is 55.8 Å². The summed E-state index contributed by atoms with van der Waals surface area (Å²) in [4.78, 5) is 58.4. The highest BCUT2D eigenvalue weighted by molar-refractivity contribution is 7.47. The first kappa shape index (κ1) is 95.5. The number of carbonyl (C=O) groups is 3. The van der Waals surface area contributed by atoms with Crippen LogP contribution in [0.2, 0.25) is 0 Å². The third-order valence-electron chi connectivity index (χ3n) is 16.8. The number of hydrogen-bond acceptors (Lipinski definition) is 14. The number of carbonyl (C=O) groups excluding carboxylic acids is 3. The molecule has 0 aromatic rings. The van der Waals surface area contributed by atoms with Gasteiger partial charge in [-0.1, -0.05) is 317 Å². The molecule has 0 aliphatic carbocycles. The second-order valence-electron chi connectivity index (χ2n) is 26.5. The molecule has 0 spiro atoms. The van der Waals surface area contributed by atoms with E-state index < -0.39 is 91.5 Å². The van der Waals surface area contributed by atoms with Gasteiger partial charge in [0.05, 0.1) is 26.4 Å². The normalized spacial score (nSPS) is 14.5. The van der Waals surface area contributed by atoms with Gasteiger partial charge < -0.3 is 34.2 Å². The van der Waals surface area contributed by atoms with Crippen molar-refractivity contribution in [3.05, 3.63) is 97.2 Å². The molecule has 0 fully saturated rings. The number of hydrogen-bond donors (Lipinski definition) is 4. The zero-order chi connectivity index (χ0) is 72.3. The van der Waals surface area contributed by atoms with Gasteiger partial charge in [-0.15, -0.1) is 0 Å². The monoisotopic (exact) mass is 1430 g/mol. The summed E-state index contributed by atoms with van der Waals surface area (Å²) in [6.07, 6.45) is 85.0. The molecule has 0 bridgehead atoms. The number of allylic oxidation sites excluding steroid dienone is 16. The standard InChI is InChI=1S/C81H144O16P2/c1-4-7-10-13-16-19-22-24-26-28-29-30-31-32-33-34-35-36-37-38-39-40-41-42-43-44-45-47-49-50-53-55-58-61-64-67-79(84)91-70-76(82)71-93-98(87,88)94-72-77(83)73-95-99(89,90)96-75-78(97-81(86)69-66-63-60-57-52-21-18-15-12-9-6-3)74-92-80(85)68-65-62-59-56-54-51-48-46-27-25-23-20-17-14-11-8-5-2/h8,11,16-17,19-20,24-27,29-30,32-33,48,51,76-78,82-83H,4-7,9-10,12-15,18,21-23,28,31,34-47,49-50,52-75H2,1-3H3,(H,87,88)(H,89,90)/b11-8-,19-16-,20-17-,26-24-,27-25-,30-29-,33-32-,51-48-. The fourth-order valence-corrected chi connectivity index (χ4v) is 12.4. The van der Waals surface area contributed by atoms with Gasteiger partial charge >= 0.3 is 33.6 Å². The molecule has 0 aliphatic heterocycles. The molecule has 99 heavy (non-hydrogen) atoms. The smallest absolute Gasteiger partial charge is 0.463 e. The summed E-state index contributed by atoms with van der Waals surface area (Å²) in [6, 6.07) is 0. The molecule has 0 saturated carbocycles. The first-order chi connectivity index (χ1) is 48.2. The van der Waals surface area contributed by atoms with E-state index in [9.17, 15) is 43.5 Å². The van der Waals surface area contributed by atoms with E-state index >= 15 is 0 Å². The van der Waals surface area contributed by atoms with Gasteiger partial charge in [0.1, 0.15) is 25.4 Å². The van der Waals surface area contributed by atoms with Crippen LogP contribution in [0.5, 0.6) is 0 Å². The Balaban J connectivity index is 4.30. The zero-order valence-corrected chi connectivity index (χ0v) is 64.4. The fourth-order valence-electron chi connectivity index (χ4n) is 10.8. The molecule has 574 valence electrons. The van der Waals surface area contributed by atoms with Crippen molar-refractivity contribution < 1.29 is 75.8 Å². The SMILES string of the molecule is CC/C=C\C/C=C\C/C=C\C/C=C\CCCCCCC(=O)OCC(COP(=O)(O)OCC(O)COP(=O)(O)OCC(O)COC(=O)CCCCCCCCCCCCCCCCCCCCC/C=C\C/C=C\C/C=C\C/C=C\CCCCC)OC(=O)CCCCCCCCCCCCC. The lowest BCUT2D eigenvalue weighted by atomic mass is 10.0. The van der Waals surface area contributed by atoms with Gasteiger partial charge in [-0.05, 0) is 103 Å². The summed E-state index contributed by atoms with van der Waals surface area (Å²) in [5.74, 6) is -1.59. The number of phosphoric acid groups is 2. The average molecular weight is 1440 g/mol. The zero-order valence-electron chi connectivity index (χ0n) is 62.6. The van der Waals surface area contributed by atoms with Gasteiger partial charge in [-0.3, -0.25) is 32.5 Å². The van der Waals surface area contributed by atoms with Gasteiger partial charge in [0, 0.05) is 19.3 Å². The molecule has 0 aromatic carbocycles. The molecule has 0 aromatic heterocycles. The summed E-state index contributed by atoms with van der Waals surface area (Å²) in [6.45, 7) is 2.52. The number of rotatable bonds is 75. The molecule has 16 nitrogen and oxygen atoms in total. The van der Waals surface area contributed by atoms with Crippen LogP contribution in [0.3, 0.4) is 0 Å². The highest BCUT2D eigenvalue weighted by Crippen LogP contribution is 2.45. The number of aliphatic hydroxyl groups excluding tert-OH is 2. The second-order valence-corrected chi connectivity index (χ2v) is 29.4. The molecule has 5 unspecified atom stereocenters. The maximum absolute atomic E-state index is 12.9. The van der Waals surface area contributed by atoms with Crippen molar-refractivity contribution in [3.8, 4) is 0 Å². The summed E-state index contributed by atoms with van der Waals surface area (Å²) >= 11 is 0. The number of unbranched alkanes of at least 4 members (excludes halogenated alkanes) is 36. The molecule has 0 heterocycles. The Morgan fingerprint density at radius 2 is 0.535 bits per heavy atom. The second kappa shape index (κ2) is 74.2. The predicted octanol–water partition coefficient (Wildman–Crippen LogP) is 23.0. The van der Waals surface area contributed by atoms with Crippen molar-refractivity contribution >= 4 is 33.6 Å². The van der Waals surface area contributed by atoms with Crippen LogP contribution in [0, 0.1) is 0 Å². The van der Waals surface area contributed by atoms with E-state index in [0.29, 0.717) is 19.3 Å². The third-order valence-corrected chi connectivity index (χ3v) is 18.7. The lowest BCUT2D eigenvalue weighted by Crippen LogP contribution is -2.30. The summed E-state index contributed by atoms with van der Waals surface area (Å²) < 4.78 is 61.0. The maximum Gasteiger partial charge on any atom is 0.472 e. The minimum Gasteiger partial charge on any atom is -0.463 e. The minimum atomic E-state index is -4.92. The van der Waals surface area contributed by atoms with Gasteiger partial charge in [-0.2, -0.15) is 0 Å². The Morgan fingerprint density at radius 1 is 0.293 bits per heavy atom. The quantitative estimate of drug-likeness (QED) is 0.0146. The largest absolute Gasteiger partial charge is 0.472 e. The van der Waals surface area contributed by atoms with Crippen LogP contribution in [0.25, 0.3) is 0 Å². The van der Waals surface area contributed by atoms with E-state index in [1.165, 1.54) is 167 Å². The Labute approximate surface area is 603 Å². The highest BCUT2D eigenvalue weighted by atomic mass is 31.2. The summed E-state index contributed by atoms with van der Waals surface area (Å²) in [5, 5.41) is 20.6. The molecule has 18 heteroatoms. The molecule has 5 atom stereocenters. The molecule has 4 N–H and O–H groups in total. The number of esters is 3. The van der Waals surface area contributed by atoms with Crippen LogP contribution < -0.4 is 0 Å². The Morgan fingerprint density at radius 3 is 0.869 bits per heavy atom. The first-order valence-corrected chi connectivity index (χ1v) is 42.5. The van der Waals surface area contributed by atoms with E-state index in [4.69, 9.17) is 32.3 Å². The first-order valence-electron chi connectivity index (χ1n) is 39.5. The molecule has 0 rings (SSSR count). The molecular weight excluding hydrogens is 1290 g/mol. The molecule has 0 amide bonds. The van der Waals surface area contributed by atoms with Crippen molar-refractivity contribution in [2.75, 3.05) is 39.6 Å². The van der Waals surface area contributed by atoms with E-state index in [0.717, 1.165) is 116 Å². The molecular formula is C81H144O16P2. The van der Waals surface area contributed by atoms with Crippen molar-refractivity contribution in [2.24, 2.45) is 0 Å². The van der Waals surface area contributed by atoms with E-state index in [2.05, 4.69) is 118 Å². The topological polar surface area (TPSA) is 231 Å². The summed E-state index contributed by atoms with van der Waals surface area (Å²) in [5.41, 5.74) is 0. The van der Waals surface area contributed by atoms with Crippen LogP contribution >= 0.6 is 15.6 Å². The third kappa shape index (κ3) is 75.5. The van der Waals surface area contributed by atoms with Crippen molar-refractivity contribution in [3.63, 3.8) is 0 Å². The number of phosphoric ester groups is 2. The van der Waals surface area contributed by atoms with Gasteiger partial charge in [0.25, 0.3) is 0 Å². The molecule has 0 radical (unpaired) electrons. The lowest BCUT2D eigenvalue weighted by Gasteiger charge is -2.21. The predicted molar refractivity (Wildman–Crippen MR) is 408 cm³/mol. The van der Waals surface area contributed by atoms with Crippen molar-refractivity contribution in [1.82, 2.24) is 0 Å². The van der Waals surface area contributed by atoms with E-state index in [1.807, 2.05) is 0 Å². The van der Waals surface area contributed by atoms with Gasteiger partial charge in [0.15, 0.2) is 6.10 Å². The van der Waals surface area contributed by atoms with E-state index in [1.54, 1.807) is 0 Å². The highest BCUT2D eigenvalue weighted by Gasteiger charge is 2.29. The number of aliphatic hydroxyl groups is 2. The van der Waals surface area contributed by atoms with Crippen molar-refractivity contribution in [2.45, 2.75) is 360 Å². The lowest BCUT2D eigenvalue weighted by molar-refractivity contribution is -0.161. The van der Waals surface area contributed by atoms with Crippen LogP contribution in [0.4, 0.5) is 0 Å². The van der Waals surface area contributed by atoms with Crippen LogP contribution in [0.1, 0.15) is 342 Å². The van der Waals surface area contributed by atoms with Gasteiger partial charge in [-0.25, -0.2) is 9.13 Å². The fraction of sp³-hybridized carbons (Fsp3) is 0.765. The van der Waals surface area contributed by atoms with Crippen molar-refractivity contribution in [1.29, 1.82) is 0 Å². The Kier molecular flexibility index (Phi) is 71.6. The van der Waals surface area contributed by atoms with E-state index in [-0.39, 0.29) is 19.3 Å². The molecule has 0 saturated heterocycles. The van der Waals surface area contributed by atoms with Crippen LogP contribution in [0.15, 0.2) is 97.2 Å². The average Bonchev–Trinajstić information content (AvgIpc) is 1.14. The van der Waals surface area contributed by atoms with Gasteiger partial charge in [0.2, 0.25) is 0 Å². The van der Waals surface area contributed by atoms with Crippen LogP contribution in [-0.4, -0.2) is 95.9 Å². The minimum absolute atomic E-state index is 0.102. The Hall–Kier alpha value is -3.53. The summed E-state index contributed by atoms with van der Waals surface area (Å²) in [7, 11) is -9.78. The Bertz CT molecular complexity index is 2190.